The summed E-state index contributed by atoms with van der Waals surface area (Å²) in [7, 11) is 2.81. The smallest absolute Gasteiger partial charge is 0.330 e. The van der Waals surface area contributed by atoms with E-state index in [0.717, 1.165) is 0 Å². The van der Waals surface area contributed by atoms with Crippen LogP contribution in [0.3, 0.4) is 0 Å². The fourth-order valence-corrected chi connectivity index (χ4v) is 8.47. The number of carbonyl (C=O) groups is 2. The zero-order valence-corrected chi connectivity index (χ0v) is 31.4. The molecule has 5 aliphatic rings. The summed E-state index contributed by atoms with van der Waals surface area (Å²) in [5.74, 6) is -5.58. The number of nitrogens with one attached hydrogen (secondary N) is 1. The van der Waals surface area contributed by atoms with Crippen LogP contribution in [0.25, 0.3) is 11.3 Å². The van der Waals surface area contributed by atoms with Crippen LogP contribution >= 0.6 is 0 Å². The number of nitrogens with zero attached hydrogens (tertiary/aromatic N) is 4. The first-order valence-corrected chi connectivity index (χ1v) is 18.0. The van der Waals surface area contributed by atoms with Crippen LogP contribution in [-0.4, -0.2) is 99.3 Å². The van der Waals surface area contributed by atoms with Crippen molar-refractivity contribution in [3.63, 3.8) is 0 Å². The van der Waals surface area contributed by atoms with Crippen LogP contribution < -0.4 is 15.9 Å². The monoisotopic (exact) mass is 743 g/mol. The summed E-state index contributed by atoms with van der Waals surface area (Å²) in [6.45, 7) is 10.9. The maximum absolute atomic E-state index is 14.3. The van der Waals surface area contributed by atoms with E-state index in [2.05, 4.69) is 5.32 Å². The lowest BCUT2D eigenvalue weighted by Gasteiger charge is -2.42. The minimum absolute atomic E-state index is 0.131. The first-order chi connectivity index (χ1) is 25.5. The van der Waals surface area contributed by atoms with E-state index in [9.17, 15) is 19.5 Å². The molecule has 0 bridgehead atoms. The van der Waals surface area contributed by atoms with Gasteiger partial charge in [-0.1, -0.05) is 48.5 Å². The van der Waals surface area contributed by atoms with Gasteiger partial charge in [0.15, 0.2) is 11.6 Å². The van der Waals surface area contributed by atoms with Crippen LogP contribution in [0.5, 0.6) is 0 Å². The first kappa shape index (κ1) is 36.5. The molecule has 8 rings (SSSR count). The third kappa shape index (κ3) is 5.60. The van der Waals surface area contributed by atoms with Crippen molar-refractivity contribution in [3.8, 4) is 11.3 Å². The average molecular weight is 744 g/mol. The van der Waals surface area contributed by atoms with E-state index in [4.69, 9.17) is 33.5 Å². The van der Waals surface area contributed by atoms with Gasteiger partial charge >= 0.3 is 5.97 Å². The predicted octanol–water partition coefficient (Wildman–Crippen LogP) is 2.72. The van der Waals surface area contributed by atoms with Gasteiger partial charge in [-0.05, 0) is 59.8 Å². The van der Waals surface area contributed by atoms with Crippen molar-refractivity contribution in [1.29, 1.82) is 0 Å². The van der Waals surface area contributed by atoms with Gasteiger partial charge in [-0.2, -0.15) is 10.1 Å². The molecule has 1 aromatic heterocycles. The first-order valence-electron chi connectivity index (χ1n) is 18.0. The molecule has 15 heteroatoms. The largest absolute Gasteiger partial charge is 0.467 e. The van der Waals surface area contributed by atoms with E-state index >= 15 is 0 Å². The number of anilines is 1. The van der Waals surface area contributed by atoms with Gasteiger partial charge in [-0.3, -0.25) is 14.6 Å². The molecule has 286 valence electrons. The lowest BCUT2D eigenvalue weighted by atomic mass is 9.90. The summed E-state index contributed by atoms with van der Waals surface area (Å²) >= 11 is 0. The highest BCUT2D eigenvalue weighted by molar-refractivity contribution is 5.97. The topological polar surface area (TPSA) is 163 Å². The predicted molar refractivity (Wildman–Crippen MR) is 192 cm³/mol. The Morgan fingerprint density at radius 2 is 1.59 bits per heavy atom. The van der Waals surface area contributed by atoms with Crippen molar-refractivity contribution in [1.82, 2.24) is 20.1 Å². The highest BCUT2D eigenvalue weighted by Crippen LogP contribution is 2.57. The van der Waals surface area contributed by atoms with Crippen LogP contribution in [0.15, 0.2) is 77.2 Å². The lowest BCUT2D eigenvalue weighted by molar-refractivity contribution is -0.270. The number of rotatable bonds is 7. The summed E-state index contributed by atoms with van der Waals surface area (Å²) in [6.07, 6.45) is -1.78. The SMILES string of the molecule is COC(=O)C(NC(=O)c1ccccc1)C1C=C(C2(O)O[C@H]([C@@H]3COC(C)(C)O3)[C@@H]3OC(C)(C)O[C@@H]32)N2c3c(-c4ccccc4)nn(C)c(=O)c3C(C)(C)N12. The van der Waals surface area contributed by atoms with Crippen molar-refractivity contribution in [3.05, 3.63) is 93.9 Å². The normalized spacial score (nSPS) is 30.7. The van der Waals surface area contributed by atoms with Gasteiger partial charge in [0.05, 0.1) is 42.2 Å². The number of aryl methyl sites for hydroxylation is 1. The molecule has 6 heterocycles. The summed E-state index contributed by atoms with van der Waals surface area (Å²) in [5, 5.41) is 24.3. The van der Waals surface area contributed by atoms with Gasteiger partial charge < -0.3 is 38.8 Å². The number of amides is 1. The Bertz CT molecular complexity index is 2090. The molecular weight excluding hydrogens is 698 g/mol. The minimum atomic E-state index is -2.26. The number of benzene rings is 2. The highest BCUT2D eigenvalue weighted by atomic mass is 16.8. The van der Waals surface area contributed by atoms with E-state index in [1.54, 1.807) is 81.2 Å². The van der Waals surface area contributed by atoms with Crippen LogP contribution in [0.1, 0.15) is 57.5 Å². The van der Waals surface area contributed by atoms with Gasteiger partial charge in [0.1, 0.15) is 36.2 Å². The highest BCUT2D eigenvalue weighted by Gasteiger charge is 2.70. The van der Waals surface area contributed by atoms with Crippen LogP contribution in [0.4, 0.5) is 5.69 Å². The maximum Gasteiger partial charge on any atom is 0.330 e. The molecule has 0 saturated carbocycles. The molecule has 3 unspecified atom stereocenters. The third-order valence-corrected chi connectivity index (χ3v) is 10.8. The van der Waals surface area contributed by atoms with Gasteiger partial charge in [-0.15, -0.1) is 0 Å². The summed E-state index contributed by atoms with van der Waals surface area (Å²) < 4.78 is 38.3. The van der Waals surface area contributed by atoms with Crippen molar-refractivity contribution in [2.45, 2.75) is 101 Å². The minimum Gasteiger partial charge on any atom is -0.467 e. The fourth-order valence-electron chi connectivity index (χ4n) is 8.47. The van der Waals surface area contributed by atoms with Gasteiger partial charge in [0.25, 0.3) is 11.5 Å². The Hall–Kier alpha value is -4.48. The summed E-state index contributed by atoms with van der Waals surface area (Å²) in [6, 6.07) is 15.5. The molecule has 3 saturated heterocycles. The molecule has 0 aliphatic carbocycles. The molecule has 5 aliphatic heterocycles. The Kier molecular flexibility index (Phi) is 8.47. The standard InChI is InChI=1S/C39H45N5O10/c1-36(2)26-29(27(41-42(7)34(26)46)21-15-11-9-12-16-21)43-25(19-23(44(36)43)28(35(47)49-8)40-33(45)22-17-13-10-14-18-22)39(48)32-31(52-38(5,6)54-32)30(53-39)24-20-50-37(3,4)51-24/h9-19,23-24,28,30-32,48H,20H2,1-8H3,(H,40,45)/t23?,24-,28?,30+,31-,32-,39?/m0/s1. The average Bonchev–Trinajstić information content (AvgIpc) is 3.91. The zero-order valence-electron chi connectivity index (χ0n) is 31.4. The number of esters is 1. The van der Waals surface area contributed by atoms with E-state index in [1.165, 1.54) is 11.8 Å². The Morgan fingerprint density at radius 1 is 0.926 bits per heavy atom. The van der Waals surface area contributed by atoms with Gasteiger partial charge in [0.2, 0.25) is 5.79 Å². The number of ether oxygens (including phenoxy) is 6. The second-order valence-corrected chi connectivity index (χ2v) is 15.6. The van der Waals surface area contributed by atoms with Crippen molar-refractivity contribution in [2.75, 3.05) is 18.7 Å². The fraction of sp³-hybridized carbons (Fsp3) is 0.487. The van der Waals surface area contributed by atoms with Crippen molar-refractivity contribution in [2.24, 2.45) is 7.05 Å². The zero-order chi connectivity index (χ0) is 38.5. The van der Waals surface area contributed by atoms with E-state index in [-0.39, 0.29) is 17.9 Å². The second-order valence-electron chi connectivity index (χ2n) is 15.6. The number of hydrogen-bond donors (Lipinski definition) is 2. The molecule has 15 nitrogen and oxygen atoms in total. The molecule has 2 N–H and O–H groups in total. The van der Waals surface area contributed by atoms with Crippen molar-refractivity contribution >= 4 is 17.6 Å². The van der Waals surface area contributed by atoms with Crippen LogP contribution in [-0.2, 0) is 45.8 Å². The molecule has 7 atom stereocenters. The summed E-state index contributed by atoms with van der Waals surface area (Å²) in [4.78, 5) is 41.9. The summed E-state index contributed by atoms with van der Waals surface area (Å²) in [5.41, 5.74) is 0.746. The molecule has 3 aromatic rings. The van der Waals surface area contributed by atoms with Crippen molar-refractivity contribution < 1.29 is 43.1 Å². The number of methoxy groups -OCH3 is 1. The Morgan fingerprint density at radius 3 is 2.22 bits per heavy atom. The molecule has 0 spiro atoms. The molecule has 1 amide bonds. The van der Waals surface area contributed by atoms with Gasteiger partial charge in [0, 0.05) is 18.2 Å². The number of hydrazine groups is 1. The number of hydrogen-bond acceptors (Lipinski definition) is 13. The Balaban J connectivity index is 1.34. The number of fused-ring (bicyclic) bond motifs is 4. The molecular formula is C39H45N5O10. The van der Waals surface area contributed by atoms with Crippen LogP contribution in [0, 0.1) is 0 Å². The van der Waals surface area contributed by atoms with E-state index < -0.39 is 71.3 Å². The number of carbonyl (C=O) groups excluding carboxylic acids is 2. The van der Waals surface area contributed by atoms with Crippen LogP contribution in [0.2, 0.25) is 0 Å². The maximum atomic E-state index is 14.3. The molecule has 3 fully saturated rings. The van der Waals surface area contributed by atoms with E-state index in [0.29, 0.717) is 28.1 Å². The number of aromatic nitrogens is 2. The van der Waals surface area contributed by atoms with Gasteiger partial charge in [-0.25, -0.2) is 9.48 Å². The molecule has 54 heavy (non-hydrogen) atoms. The van der Waals surface area contributed by atoms with E-state index in [1.807, 2.05) is 44.2 Å². The quantitative estimate of drug-likeness (QED) is 0.340. The second kappa shape index (κ2) is 12.5. The molecule has 0 radical (unpaired) electrons. The number of aliphatic hydroxyl groups is 1. The molecule has 2 aromatic carbocycles. The lowest BCUT2D eigenvalue weighted by Crippen LogP contribution is -2.60. The third-order valence-electron chi connectivity index (χ3n) is 10.8. The Labute approximate surface area is 312 Å².